The minimum atomic E-state index is -0.364. The van der Waals surface area contributed by atoms with E-state index in [1.807, 2.05) is 48.7 Å². The summed E-state index contributed by atoms with van der Waals surface area (Å²) in [5, 5.41) is 0. The average Bonchev–Trinajstić information content (AvgIpc) is 3.42. The summed E-state index contributed by atoms with van der Waals surface area (Å²) in [5.41, 5.74) is 3.16. The fraction of sp³-hybridized carbons (Fsp3) is 0.409. The molecule has 5 rings (SSSR count). The first-order valence-electron chi connectivity index (χ1n) is 10.3. The molecular weight excluding hydrogens is 382 g/mol. The van der Waals surface area contributed by atoms with Crippen molar-refractivity contribution in [2.24, 2.45) is 7.05 Å². The van der Waals surface area contributed by atoms with Crippen LogP contribution in [0.1, 0.15) is 29.7 Å². The molecule has 8 nitrogen and oxygen atoms in total. The Morgan fingerprint density at radius 1 is 1.20 bits per heavy atom. The molecule has 30 heavy (non-hydrogen) atoms. The van der Waals surface area contributed by atoms with Gasteiger partial charge in [0.1, 0.15) is 0 Å². The molecule has 1 aromatic carbocycles. The Bertz CT molecular complexity index is 1380. The molecule has 4 heterocycles. The first-order valence-corrected chi connectivity index (χ1v) is 10.3. The normalized spacial score (nSPS) is 16.8. The van der Waals surface area contributed by atoms with Crippen molar-refractivity contribution in [3.05, 3.63) is 68.1 Å². The summed E-state index contributed by atoms with van der Waals surface area (Å²) in [4.78, 5) is 31.0. The van der Waals surface area contributed by atoms with E-state index in [0.29, 0.717) is 23.5 Å². The van der Waals surface area contributed by atoms with Gasteiger partial charge in [0, 0.05) is 25.5 Å². The standard InChI is InChI=1S/C22H25N5O3/c1-14-6-4-7-16(10-14)12-27-20(28)18-19(24(3)22(27)29)23-21-25(15(2)11-26(18)21)13-17-8-5-9-30-17/h4,6-7,10-11,17H,5,8-9,12-13H2,1-3H3/t17-/m0/s1. The molecule has 0 amide bonds. The Morgan fingerprint density at radius 2 is 2.03 bits per heavy atom. The molecule has 1 fully saturated rings. The zero-order chi connectivity index (χ0) is 21.0. The highest BCUT2D eigenvalue weighted by Gasteiger charge is 2.23. The molecule has 1 aliphatic rings. The fourth-order valence-corrected chi connectivity index (χ4v) is 4.41. The van der Waals surface area contributed by atoms with Gasteiger partial charge in [-0.25, -0.2) is 4.79 Å². The third-order valence-corrected chi connectivity index (χ3v) is 5.97. The van der Waals surface area contributed by atoms with E-state index in [4.69, 9.17) is 4.74 Å². The second-order valence-corrected chi connectivity index (χ2v) is 8.19. The predicted octanol–water partition coefficient (Wildman–Crippen LogP) is 1.99. The second kappa shape index (κ2) is 6.98. The van der Waals surface area contributed by atoms with Gasteiger partial charge < -0.3 is 9.30 Å². The molecule has 4 aromatic rings. The second-order valence-electron chi connectivity index (χ2n) is 8.19. The molecule has 0 N–H and O–H groups in total. The van der Waals surface area contributed by atoms with E-state index in [1.54, 1.807) is 7.05 Å². The summed E-state index contributed by atoms with van der Waals surface area (Å²) in [5.74, 6) is 0.665. The predicted molar refractivity (Wildman–Crippen MR) is 114 cm³/mol. The number of rotatable bonds is 4. The van der Waals surface area contributed by atoms with E-state index in [9.17, 15) is 9.59 Å². The summed E-state index contributed by atoms with van der Waals surface area (Å²) < 4.78 is 12.4. The third kappa shape index (κ3) is 2.90. The topological polar surface area (TPSA) is 75.5 Å². The number of nitrogens with zero attached hydrogens (tertiary/aromatic N) is 5. The number of ether oxygens (including phenoxy) is 1. The van der Waals surface area contributed by atoms with Crippen LogP contribution in [-0.4, -0.2) is 35.8 Å². The molecule has 156 valence electrons. The number of hydrogen-bond acceptors (Lipinski definition) is 4. The first kappa shape index (κ1) is 18.9. The number of hydrogen-bond donors (Lipinski definition) is 0. The van der Waals surface area contributed by atoms with Crippen molar-refractivity contribution in [2.75, 3.05) is 6.61 Å². The van der Waals surface area contributed by atoms with Crippen molar-refractivity contribution in [1.82, 2.24) is 23.1 Å². The van der Waals surface area contributed by atoms with Gasteiger partial charge in [0.05, 0.1) is 19.2 Å². The molecule has 1 aliphatic heterocycles. The van der Waals surface area contributed by atoms with Gasteiger partial charge in [0.2, 0.25) is 5.78 Å². The van der Waals surface area contributed by atoms with Crippen LogP contribution < -0.4 is 11.2 Å². The average molecular weight is 407 g/mol. The summed E-state index contributed by atoms with van der Waals surface area (Å²) in [6.07, 6.45) is 4.16. The van der Waals surface area contributed by atoms with E-state index < -0.39 is 0 Å². The summed E-state index contributed by atoms with van der Waals surface area (Å²) in [6.45, 7) is 5.70. The maximum atomic E-state index is 13.4. The maximum Gasteiger partial charge on any atom is 0.332 e. The lowest BCUT2D eigenvalue weighted by Gasteiger charge is -2.11. The van der Waals surface area contributed by atoms with Gasteiger partial charge in [-0.3, -0.25) is 18.3 Å². The fourth-order valence-electron chi connectivity index (χ4n) is 4.41. The highest BCUT2D eigenvalue weighted by atomic mass is 16.5. The van der Waals surface area contributed by atoms with Crippen LogP contribution in [0, 0.1) is 13.8 Å². The van der Waals surface area contributed by atoms with E-state index in [-0.39, 0.29) is 23.9 Å². The first-order chi connectivity index (χ1) is 14.4. The Balaban J connectivity index is 1.69. The van der Waals surface area contributed by atoms with Crippen LogP contribution >= 0.6 is 0 Å². The van der Waals surface area contributed by atoms with Crippen LogP contribution in [0.25, 0.3) is 16.9 Å². The number of aryl methyl sites for hydroxylation is 3. The van der Waals surface area contributed by atoms with Gasteiger partial charge in [0.15, 0.2) is 11.2 Å². The SMILES string of the molecule is Cc1cccc(Cn2c(=O)c3c(nc4n(C[C@@H]5CCCO5)c(C)cn34)n(C)c2=O)c1. The molecule has 0 radical (unpaired) electrons. The van der Waals surface area contributed by atoms with Crippen LogP contribution in [-0.2, 0) is 24.9 Å². The lowest BCUT2D eigenvalue weighted by Crippen LogP contribution is -2.39. The smallest absolute Gasteiger partial charge is 0.332 e. The van der Waals surface area contributed by atoms with Gasteiger partial charge in [-0.15, -0.1) is 0 Å². The summed E-state index contributed by atoms with van der Waals surface area (Å²) in [6, 6.07) is 7.85. The van der Waals surface area contributed by atoms with Crippen molar-refractivity contribution in [3.63, 3.8) is 0 Å². The molecule has 0 aliphatic carbocycles. The van der Waals surface area contributed by atoms with Gasteiger partial charge in [-0.1, -0.05) is 29.8 Å². The van der Waals surface area contributed by atoms with Crippen LogP contribution in [0.3, 0.4) is 0 Å². The monoisotopic (exact) mass is 407 g/mol. The van der Waals surface area contributed by atoms with E-state index in [1.165, 1.54) is 9.13 Å². The number of imidazole rings is 2. The Hall–Kier alpha value is -3.13. The highest BCUT2D eigenvalue weighted by molar-refractivity contribution is 5.75. The van der Waals surface area contributed by atoms with Crippen molar-refractivity contribution in [3.8, 4) is 0 Å². The zero-order valence-corrected chi connectivity index (χ0v) is 17.5. The molecule has 0 saturated carbocycles. The van der Waals surface area contributed by atoms with Crippen LogP contribution in [0.4, 0.5) is 0 Å². The largest absolute Gasteiger partial charge is 0.376 e. The van der Waals surface area contributed by atoms with Crippen LogP contribution in [0.2, 0.25) is 0 Å². The molecule has 8 heteroatoms. The summed E-state index contributed by atoms with van der Waals surface area (Å²) >= 11 is 0. The lowest BCUT2D eigenvalue weighted by molar-refractivity contribution is 0.0974. The Morgan fingerprint density at radius 3 is 2.77 bits per heavy atom. The quantitative estimate of drug-likeness (QED) is 0.519. The third-order valence-electron chi connectivity index (χ3n) is 5.97. The van der Waals surface area contributed by atoms with Gasteiger partial charge >= 0.3 is 5.69 Å². The minimum absolute atomic E-state index is 0.154. The molecule has 0 spiro atoms. The van der Waals surface area contributed by atoms with Crippen molar-refractivity contribution in [2.45, 2.75) is 45.9 Å². The molecule has 1 atom stereocenters. The molecule has 1 saturated heterocycles. The molecular formula is C22H25N5O3. The highest BCUT2D eigenvalue weighted by Crippen LogP contribution is 2.20. The Labute approximate surface area is 173 Å². The molecule has 0 unspecified atom stereocenters. The Kier molecular flexibility index (Phi) is 4.39. The van der Waals surface area contributed by atoms with E-state index >= 15 is 0 Å². The van der Waals surface area contributed by atoms with Gasteiger partial charge in [-0.05, 0) is 32.3 Å². The zero-order valence-electron chi connectivity index (χ0n) is 17.5. The maximum absolute atomic E-state index is 13.4. The van der Waals surface area contributed by atoms with Gasteiger partial charge in [0.25, 0.3) is 5.56 Å². The summed E-state index contributed by atoms with van der Waals surface area (Å²) in [7, 11) is 1.67. The van der Waals surface area contributed by atoms with Crippen molar-refractivity contribution in [1.29, 1.82) is 0 Å². The number of fused-ring (bicyclic) bond motifs is 3. The molecule has 3 aromatic heterocycles. The number of aromatic nitrogens is 5. The molecule has 0 bridgehead atoms. The van der Waals surface area contributed by atoms with E-state index in [0.717, 1.165) is 36.3 Å². The van der Waals surface area contributed by atoms with Crippen LogP contribution in [0.5, 0.6) is 0 Å². The van der Waals surface area contributed by atoms with Crippen molar-refractivity contribution >= 4 is 16.9 Å². The van der Waals surface area contributed by atoms with Gasteiger partial charge in [-0.2, -0.15) is 4.98 Å². The van der Waals surface area contributed by atoms with E-state index in [2.05, 4.69) is 9.55 Å². The lowest BCUT2D eigenvalue weighted by atomic mass is 10.1. The van der Waals surface area contributed by atoms with Crippen molar-refractivity contribution < 1.29 is 4.74 Å². The minimum Gasteiger partial charge on any atom is -0.376 e. The van der Waals surface area contributed by atoms with Crippen LogP contribution in [0.15, 0.2) is 40.1 Å². The number of benzene rings is 1.